The van der Waals surface area contributed by atoms with E-state index in [1.807, 2.05) is 12.1 Å². The molecule has 4 aliphatic rings. The average Bonchev–Trinajstić information content (AvgIpc) is 3.52. The molecule has 4 atom stereocenters. The van der Waals surface area contributed by atoms with Gasteiger partial charge < -0.3 is 4.74 Å². The Morgan fingerprint density at radius 1 is 0.848 bits per heavy atom. The number of aromatic amines is 1. The normalized spacial score (nSPS) is 27.6. The molecule has 0 saturated carbocycles. The Morgan fingerprint density at radius 3 is 2.06 bits per heavy atom. The van der Waals surface area contributed by atoms with Crippen molar-refractivity contribution in [1.29, 1.82) is 0 Å². The molecule has 2 fully saturated rings. The lowest BCUT2D eigenvalue weighted by Crippen LogP contribution is -2.27. The molecule has 0 radical (unpaired) electrons. The van der Waals surface area contributed by atoms with Gasteiger partial charge in [-0.25, -0.2) is 4.68 Å². The fourth-order valence-electron chi connectivity index (χ4n) is 6.25. The van der Waals surface area contributed by atoms with Crippen molar-refractivity contribution in [2.24, 2.45) is 0 Å². The third kappa shape index (κ3) is 3.36. The van der Waals surface area contributed by atoms with E-state index in [4.69, 9.17) is 4.74 Å². The first-order chi connectivity index (χ1) is 16.2. The first-order valence-corrected chi connectivity index (χ1v) is 12.1. The van der Waals surface area contributed by atoms with Crippen molar-refractivity contribution in [2.75, 3.05) is 21.2 Å². The highest BCUT2D eigenvalue weighted by atomic mass is 16.5. The first kappa shape index (κ1) is 20.8. The van der Waals surface area contributed by atoms with Crippen molar-refractivity contribution < 1.29 is 4.74 Å². The molecule has 1 aromatic carbocycles. The number of H-pyrrole nitrogens is 1. The fourth-order valence-corrected chi connectivity index (χ4v) is 6.25. The van der Waals surface area contributed by atoms with Gasteiger partial charge in [0, 0.05) is 0 Å². The molecule has 9 heteroatoms. The molecule has 7 rings (SSSR count). The third-order valence-electron chi connectivity index (χ3n) is 8.03. The van der Waals surface area contributed by atoms with E-state index in [-0.39, 0.29) is 0 Å². The minimum atomic E-state index is 0.475. The minimum absolute atomic E-state index is 0.475. The summed E-state index contributed by atoms with van der Waals surface area (Å²) in [7, 11) is 6.08. The Labute approximate surface area is 194 Å². The second-order valence-corrected chi connectivity index (χ2v) is 9.72. The molecule has 3 aromatic rings. The number of aromatic nitrogens is 6. The number of methoxy groups -OCH3 is 1. The van der Waals surface area contributed by atoms with Gasteiger partial charge in [-0.1, -0.05) is 17.3 Å². The summed E-state index contributed by atoms with van der Waals surface area (Å²) in [5, 5.41) is 20.0. The number of nitrogens with one attached hydrogen (secondary N) is 1. The zero-order valence-electron chi connectivity index (χ0n) is 19.6. The molecule has 0 amide bonds. The van der Waals surface area contributed by atoms with Gasteiger partial charge in [0.15, 0.2) is 0 Å². The van der Waals surface area contributed by atoms with Crippen molar-refractivity contribution in [3.8, 4) is 5.75 Å². The molecule has 0 spiro atoms. The quantitative estimate of drug-likeness (QED) is 0.655. The van der Waals surface area contributed by atoms with Crippen LogP contribution in [0.25, 0.3) is 0 Å². The zero-order chi connectivity index (χ0) is 22.5. The lowest BCUT2D eigenvalue weighted by molar-refractivity contribution is 0.136. The topological polar surface area (TPSA) is 88.0 Å². The van der Waals surface area contributed by atoms with E-state index in [1.54, 1.807) is 7.11 Å². The van der Waals surface area contributed by atoms with E-state index in [0.29, 0.717) is 24.2 Å². The van der Waals surface area contributed by atoms with Crippen LogP contribution in [0.2, 0.25) is 0 Å². The second kappa shape index (κ2) is 8.22. The summed E-state index contributed by atoms with van der Waals surface area (Å²) in [5.41, 5.74) is 6.15. The Hall–Kier alpha value is -2.78. The van der Waals surface area contributed by atoms with Crippen LogP contribution in [-0.2, 0) is 6.54 Å². The predicted molar refractivity (Wildman–Crippen MR) is 123 cm³/mol. The molecule has 4 unspecified atom stereocenters. The van der Waals surface area contributed by atoms with Crippen molar-refractivity contribution in [3.05, 3.63) is 52.6 Å². The summed E-state index contributed by atoms with van der Waals surface area (Å²) in [6.07, 6.45) is 7.52. The minimum Gasteiger partial charge on any atom is -0.497 e. The van der Waals surface area contributed by atoms with E-state index < -0.39 is 0 Å². The van der Waals surface area contributed by atoms with Crippen LogP contribution >= 0.6 is 0 Å². The highest BCUT2D eigenvalue weighted by Gasteiger charge is 2.43. The maximum absolute atomic E-state index is 5.21. The molecule has 9 nitrogen and oxygen atoms in total. The predicted octanol–water partition coefficient (Wildman–Crippen LogP) is 3.56. The van der Waals surface area contributed by atoms with Gasteiger partial charge in [-0.15, -0.1) is 5.10 Å². The lowest BCUT2D eigenvalue weighted by Gasteiger charge is -2.31. The monoisotopic (exact) mass is 448 g/mol. The number of benzene rings is 1. The van der Waals surface area contributed by atoms with Crippen molar-refractivity contribution in [1.82, 2.24) is 40.2 Å². The smallest absolute Gasteiger partial charge is 0.118 e. The summed E-state index contributed by atoms with van der Waals surface area (Å²) in [6, 6.07) is 10.2. The molecule has 174 valence electrons. The Balaban J connectivity index is 0.000000145. The summed E-state index contributed by atoms with van der Waals surface area (Å²) >= 11 is 0. The summed E-state index contributed by atoms with van der Waals surface area (Å²) in [5.74, 6) is 0.887. The number of rotatable bonds is 3. The van der Waals surface area contributed by atoms with Crippen molar-refractivity contribution >= 4 is 0 Å². The molecule has 1 N–H and O–H groups in total. The van der Waals surface area contributed by atoms with Gasteiger partial charge in [-0.3, -0.25) is 9.80 Å². The maximum Gasteiger partial charge on any atom is 0.118 e. The van der Waals surface area contributed by atoms with E-state index in [0.717, 1.165) is 12.3 Å². The Bertz CT molecular complexity index is 1100. The van der Waals surface area contributed by atoms with Gasteiger partial charge >= 0.3 is 0 Å². The van der Waals surface area contributed by atoms with Crippen LogP contribution in [-0.4, -0.2) is 61.4 Å². The van der Waals surface area contributed by atoms with E-state index >= 15 is 0 Å². The molecule has 2 saturated heterocycles. The lowest BCUT2D eigenvalue weighted by atomic mass is 10.0. The van der Waals surface area contributed by atoms with Gasteiger partial charge in [-0.2, -0.15) is 15.4 Å². The van der Waals surface area contributed by atoms with Crippen LogP contribution in [0, 0.1) is 0 Å². The van der Waals surface area contributed by atoms with Crippen LogP contribution in [0.15, 0.2) is 24.3 Å². The molecule has 6 heterocycles. The first-order valence-electron chi connectivity index (χ1n) is 12.1. The number of nitrogens with zero attached hydrogens (tertiary/aromatic N) is 7. The molecule has 33 heavy (non-hydrogen) atoms. The van der Waals surface area contributed by atoms with Crippen LogP contribution in [0.3, 0.4) is 0 Å². The standard InChI is InChI=1S/C16H20N4O.C8H12N4/c1-19-13-4-3-5-14(19)16-15(13)17-18-20(16)10-11-6-8-12(21-2)9-7-11;1-12-5-3-2-4-6(12)8-7(5)9-11-10-8/h6-9,13-14H,3-5,10H2,1-2H3;5-6H,2-4H2,1H3,(H,9,10,11). The van der Waals surface area contributed by atoms with E-state index in [9.17, 15) is 0 Å². The Morgan fingerprint density at radius 2 is 1.42 bits per heavy atom. The number of hydrogen-bond donors (Lipinski definition) is 1. The van der Waals surface area contributed by atoms with Crippen LogP contribution in [0.4, 0.5) is 0 Å². The van der Waals surface area contributed by atoms with E-state index in [1.165, 1.54) is 66.9 Å². The van der Waals surface area contributed by atoms with E-state index in [2.05, 4.69) is 66.4 Å². The second-order valence-electron chi connectivity index (χ2n) is 9.72. The van der Waals surface area contributed by atoms with Gasteiger partial charge in [0.2, 0.25) is 0 Å². The van der Waals surface area contributed by atoms with Crippen molar-refractivity contribution in [2.45, 2.75) is 69.2 Å². The summed E-state index contributed by atoms with van der Waals surface area (Å²) in [6.45, 7) is 0.781. The zero-order valence-corrected chi connectivity index (χ0v) is 19.6. The molecule has 2 aromatic heterocycles. The van der Waals surface area contributed by atoms with Crippen molar-refractivity contribution in [3.63, 3.8) is 0 Å². The fraction of sp³-hybridized carbons (Fsp3) is 0.583. The molecule has 4 aliphatic heterocycles. The largest absolute Gasteiger partial charge is 0.497 e. The summed E-state index contributed by atoms with van der Waals surface area (Å²) in [4.78, 5) is 4.87. The van der Waals surface area contributed by atoms with Gasteiger partial charge in [0.1, 0.15) is 22.8 Å². The summed E-state index contributed by atoms with van der Waals surface area (Å²) < 4.78 is 7.29. The average molecular weight is 449 g/mol. The molecular formula is C24H32N8O. The molecule has 0 aliphatic carbocycles. The maximum atomic E-state index is 5.21. The SMILES string of the molecule is CN1C2CCCC1c1n[nH]nc12.COc1ccc(Cn2nnc3c2C2CCCC3N2C)cc1. The van der Waals surface area contributed by atoms with Crippen LogP contribution < -0.4 is 4.74 Å². The van der Waals surface area contributed by atoms with Crippen LogP contribution in [0.5, 0.6) is 5.75 Å². The molecule has 4 bridgehead atoms. The number of hydrogen-bond acceptors (Lipinski definition) is 7. The number of piperidine rings is 2. The van der Waals surface area contributed by atoms with Gasteiger partial charge in [-0.05, 0) is 70.3 Å². The van der Waals surface area contributed by atoms with Gasteiger partial charge in [0.05, 0.1) is 43.5 Å². The third-order valence-corrected chi connectivity index (χ3v) is 8.03. The Kier molecular flexibility index (Phi) is 5.18. The highest BCUT2D eigenvalue weighted by Crippen LogP contribution is 2.49. The number of ether oxygens (including phenoxy) is 1. The number of fused-ring (bicyclic) bond motifs is 10. The van der Waals surface area contributed by atoms with Gasteiger partial charge in [0.25, 0.3) is 0 Å². The highest BCUT2D eigenvalue weighted by molar-refractivity contribution is 5.30. The van der Waals surface area contributed by atoms with Crippen LogP contribution in [0.1, 0.15) is 91.0 Å². The molecular weight excluding hydrogens is 416 g/mol.